The van der Waals surface area contributed by atoms with Gasteiger partial charge in [-0.2, -0.15) is 26.3 Å². The average molecular weight is 414 g/mol. The Morgan fingerprint density at radius 1 is 0.926 bits per heavy atom. The van der Waals surface area contributed by atoms with Gasteiger partial charge < -0.3 is 10.8 Å². The van der Waals surface area contributed by atoms with E-state index >= 15 is 0 Å². The molecule has 0 amide bonds. The normalized spacial score (nSPS) is 14.0. The molecule has 0 aliphatic rings. The van der Waals surface area contributed by atoms with Crippen molar-refractivity contribution < 1.29 is 36.2 Å². The van der Waals surface area contributed by atoms with Gasteiger partial charge in [0.2, 0.25) is 0 Å². The van der Waals surface area contributed by atoms with E-state index in [1.165, 1.54) is 36.4 Å². The number of hydrogen-bond acceptors (Lipinski definition) is 3. The Bertz CT molecular complexity index is 747. The Balaban J connectivity index is 0.000000271. The van der Waals surface area contributed by atoms with Gasteiger partial charge in [-0.25, -0.2) is 0 Å². The number of benzene rings is 2. The molecule has 10 heteroatoms. The number of nitrogens with two attached hydrogens (primary N) is 1. The third-order valence-electron chi connectivity index (χ3n) is 3.38. The molecule has 0 aliphatic heterocycles. The molecule has 0 aromatic heterocycles. The smallest absolute Gasteiger partial charge is 0.375 e. The van der Waals surface area contributed by atoms with Gasteiger partial charge in [-0.15, -0.1) is 0 Å². The largest absolute Gasteiger partial charge is 0.454 e. The predicted molar refractivity (Wildman–Crippen MR) is 87.3 cm³/mol. The molecule has 0 radical (unpaired) electrons. The molecule has 2 aromatic rings. The van der Waals surface area contributed by atoms with Crippen molar-refractivity contribution in [1.29, 1.82) is 0 Å². The number of Topliss-reactive ketones (excluding diaryl/α,β-unsaturated/α-hetero) is 1. The maximum atomic E-state index is 12.5. The Kier molecular flexibility index (Phi) is 7.41. The van der Waals surface area contributed by atoms with Crippen LogP contribution in [0.15, 0.2) is 54.6 Å². The van der Waals surface area contributed by atoms with E-state index in [0.29, 0.717) is 5.02 Å². The summed E-state index contributed by atoms with van der Waals surface area (Å²) in [4.78, 5) is 10.6. The van der Waals surface area contributed by atoms with Crippen LogP contribution in [-0.4, -0.2) is 29.8 Å². The van der Waals surface area contributed by atoms with Gasteiger partial charge in [-0.3, -0.25) is 4.79 Å². The standard InChI is InChI=1S/C9H10F3NO.C8H4ClF3O/c10-9(11,12)8(14,6-13)7-4-2-1-3-5-7;9-6-3-1-5(2-4-6)7(13)8(10,11)12/h1-5,14H,6,13H2;1-4H. The molecule has 0 heterocycles. The van der Waals surface area contributed by atoms with E-state index < -0.39 is 35.8 Å². The average Bonchev–Trinajstić information content (AvgIpc) is 2.60. The molecule has 0 saturated heterocycles. The lowest BCUT2D eigenvalue weighted by molar-refractivity contribution is -0.262. The first-order valence-electron chi connectivity index (χ1n) is 7.24. The molecular weight excluding hydrogens is 400 g/mol. The van der Waals surface area contributed by atoms with Crippen LogP contribution in [0.1, 0.15) is 15.9 Å². The number of carbonyl (C=O) groups excluding carboxylic acids is 1. The van der Waals surface area contributed by atoms with Gasteiger partial charge in [0.05, 0.1) is 0 Å². The molecular formula is C17H14ClF6NO2. The van der Waals surface area contributed by atoms with Gasteiger partial charge >= 0.3 is 12.4 Å². The van der Waals surface area contributed by atoms with E-state index in [4.69, 9.17) is 17.3 Å². The van der Waals surface area contributed by atoms with Crippen LogP contribution in [0.25, 0.3) is 0 Å². The summed E-state index contributed by atoms with van der Waals surface area (Å²) < 4.78 is 72.9. The van der Waals surface area contributed by atoms with E-state index in [1.807, 2.05) is 0 Å². The quantitative estimate of drug-likeness (QED) is 0.576. The Morgan fingerprint density at radius 3 is 1.78 bits per heavy atom. The van der Waals surface area contributed by atoms with Crippen LogP contribution in [-0.2, 0) is 5.60 Å². The number of alkyl halides is 6. The lowest BCUT2D eigenvalue weighted by Gasteiger charge is -2.29. The predicted octanol–water partition coefficient (Wildman–Crippen LogP) is 4.48. The number of halogens is 7. The lowest BCUT2D eigenvalue weighted by atomic mass is 9.93. The van der Waals surface area contributed by atoms with Crippen LogP contribution >= 0.6 is 11.6 Å². The van der Waals surface area contributed by atoms with Crippen LogP contribution in [0.5, 0.6) is 0 Å². The van der Waals surface area contributed by atoms with Crippen molar-refractivity contribution in [3.05, 3.63) is 70.7 Å². The zero-order valence-electron chi connectivity index (χ0n) is 13.5. The fourth-order valence-electron chi connectivity index (χ4n) is 1.88. The van der Waals surface area contributed by atoms with Gasteiger partial charge in [-0.1, -0.05) is 41.9 Å². The Labute approximate surface area is 155 Å². The fraction of sp³-hybridized carbons (Fsp3) is 0.235. The van der Waals surface area contributed by atoms with E-state index in [9.17, 15) is 36.2 Å². The van der Waals surface area contributed by atoms with E-state index in [0.717, 1.165) is 12.1 Å². The summed E-state index contributed by atoms with van der Waals surface area (Å²) in [5, 5.41) is 9.67. The third kappa shape index (κ3) is 5.95. The van der Waals surface area contributed by atoms with Crippen molar-refractivity contribution in [3.63, 3.8) is 0 Å². The maximum absolute atomic E-state index is 12.5. The zero-order chi connectivity index (χ0) is 20.9. The molecule has 0 fully saturated rings. The van der Waals surface area contributed by atoms with Crippen LogP contribution in [0, 0.1) is 0 Å². The molecule has 27 heavy (non-hydrogen) atoms. The monoisotopic (exact) mass is 413 g/mol. The summed E-state index contributed by atoms with van der Waals surface area (Å²) >= 11 is 5.44. The molecule has 3 N–H and O–H groups in total. The van der Waals surface area contributed by atoms with Crippen LogP contribution in [0.4, 0.5) is 26.3 Å². The van der Waals surface area contributed by atoms with Gasteiger partial charge in [-0.05, 0) is 29.8 Å². The number of ketones is 1. The second-order valence-electron chi connectivity index (χ2n) is 5.26. The minimum Gasteiger partial charge on any atom is -0.375 e. The number of aliphatic hydroxyl groups is 1. The van der Waals surface area contributed by atoms with Crippen molar-refractivity contribution in [3.8, 4) is 0 Å². The third-order valence-corrected chi connectivity index (χ3v) is 3.63. The van der Waals surface area contributed by atoms with E-state index in [1.54, 1.807) is 6.07 Å². The topological polar surface area (TPSA) is 63.3 Å². The highest BCUT2D eigenvalue weighted by molar-refractivity contribution is 6.30. The summed E-state index contributed by atoms with van der Waals surface area (Å²) in [6, 6.07) is 11.3. The first kappa shape index (κ1) is 22.9. The highest BCUT2D eigenvalue weighted by Crippen LogP contribution is 2.37. The Hall–Kier alpha value is -2.10. The lowest BCUT2D eigenvalue weighted by Crippen LogP contribution is -2.48. The fourth-order valence-corrected chi connectivity index (χ4v) is 2.00. The molecule has 2 aromatic carbocycles. The number of rotatable bonds is 3. The minimum absolute atomic E-state index is 0.241. The summed E-state index contributed by atoms with van der Waals surface area (Å²) in [5.41, 5.74) is 1.36. The molecule has 148 valence electrons. The maximum Gasteiger partial charge on any atom is 0.454 e. The molecule has 2 rings (SSSR count). The second kappa shape index (κ2) is 8.73. The second-order valence-corrected chi connectivity index (χ2v) is 5.70. The van der Waals surface area contributed by atoms with Crippen molar-refractivity contribution in [2.45, 2.75) is 18.0 Å². The summed E-state index contributed by atoms with van der Waals surface area (Å²) in [7, 11) is 0. The van der Waals surface area contributed by atoms with E-state index in [2.05, 4.69) is 0 Å². The van der Waals surface area contributed by atoms with E-state index in [-0.39, 0.29) is 5.56 Å². The number of carbonyl (C=O) groups is 1. The van der Waals surface area contributed by atoms with Gasteiger partial charge in [0.25, 0.3) is 5.78 Å². The molecule has 0 saturated carbocycles. The summed E-state index contributed by atoms with van der Waals surface area (Å²) in [5.74, 6) is -1.86. The first-order chi connectivity index (χ1) is 12.3. The molecule has 1 atom stereocenters. The van der Waals surface area contributed by atoms with Crippen molar-refractivity contribution in [2.24, 2.45) is 5.73 Å². The molecule has 0 bridgehead atoms. The highest BCUT2D eigenvalue weighted by atomic mass is 35.5. The molecule has 3 nitrogen and oxygen atoms in total. The van der Waals surface area contributed by atoms with Gasteiger partial charge in [0.1, 0.15) is 0 Å². The highest BCUT2D eigenvalue weighted by Gasteiger charge is 2.53. The van der Waals surface area contributed by atoms with Crippen LogP contribution < -0.4 is 5.73 Å². The minimum atomic E-state index is -4.83. The van der Waals surface area contributed by atoms with Crippen molar-refractivity contribution in [2.75, 3.05) is 6.54 Å². The van der Waals surface area contributed by atoms with Crippen molar-refractivity contribution in [1.82, 2.24) is 0 Å². The first-order valence-corrected chi connectivity index (χ1v) is 7.62. The number of hydrogen-bond donors (Lipinski definition) is 2. The molecule has 0 aliphatic carbocycles. The van der Waals surface area contributed by atoms with Gasteiger partial charge in [0.15, 0.2) is 5.60 Å². The van der Waals surface area contributed by atoms with Gasteiger partial charge in [0, 0.05) is 17.1 Å². The zero-order valence-corrected chi connectivity index (χ0v) is 14.2. The summed E-state index contributed by atoms with van der Waals surface area (Å²) in [6.07, 6.45) is -9.59. The SMILES string of the molecule is NCC(O)(c1ccccc1)C(F)(F)F.O=C(c1ccc(Cl)cc1)C(F)(F)F. The molecule has 1 unspecified atom stereocenters. The van der Waals surface area contributed by atoms with Crippen LogP contribution in [0.3, 0.4) is 0 Å². The van der Waals surface area contributed by atoms with Crippen molar-refractivity contribution >= 4 is 17.4 Å². The summed E-state index contributed by atoms with van der Waals surface area (Å²) in [6.45, 7) is -0.888. The molecule has 0 spiro atoms. The van der Waals surface area contributed by atoms with Crippen LogP contribution in [0.2, 0.25) is 5.02 Å². The Morgan fingerprint density at radius 2 is 1.41 bits per heavy atom.